The molecule has 0 amide bonds. The van der Waals surface area contributed by atoms with Crippen molar-refractivity contribution in [1.82, 2.24) is 0 Å². The van der Waals surface area contributed by atoms with E-state index in [1.807, 2.05) is 13.8 Å². The van der Waals surface area contributed by atoms with Crippen molar-refractivity contribution >= 4 is 0 Å². The first-order valence-corrected chi connectivity index (χ1v) is 3.65. The van der Waals surface area contributed by atoms with Crippen LogP contribution in [0.25, 0.3) is 0 Å². The van der Waals surface area contributed by atoms with Crippen LogP contribution in [0.2, 0.25) is 0 Å². The molecule has 0 aromatic heterocycles. The zero-order chi connectivity index (χ0) is 7.66. The molecule has 0 aromatic rings. The van der Waals surface area contributed by atoms with Crippen LogP contribution in [0, 0.1) is 0 Å². The summed E-state index contributed by atoms with van der Waals surface area (Å²) in [6, 6.07) is 0. The van der Waals surface area contributed by atoms with Gasteiger partial charge < -0.3 is 14.2 Å². The molecule has 0 radical (unpaired) electrons. The van der Waals surface area contributed by atoms with E-state index in [1.165, 1.54) is 0 Å². The van der Waals surface area contributed by atoms with Gasteiger partial charge in [0.05, 0.1) is 13.2 Å². The van der Waals surface area contributed by atoms with Crippen molar-refractivity contribution in [1.29, 1.82) is 0 Å². The van der Waals surface area contributed by atoms with E-state index in [4.69, 9.17) is 14.2 Å². The summed E-state index contributed by atoms with van der Waals surface area (Å²) in [5.74, 6) is 0. The Morgan fingerprint density at radius 2 is 1.40 bits per heavy atom. The topological polar surface area (TPSA) is 27.7 Å². The highest BCUT2D eigenvalue weighted by molar-refractivity contribution is 4.24. The molecule has 0 rings (SSSR count). The normalized spacial score (nSPS) is 10.2. The Bertz CT molecular complexity index is 48.8. The molecule has 0 N–H and O–H groups in total. The maximum Gasteiger partial charge on any atom is 0.146 e. The molecule has 3 nitrogen and oxygen atoms in total. The fraction of sp³-hybridized carbons (Fsp3) is 1.00. The van der Waals surface area contributed by atoms with Gasteiger partial charge in [0.25, 0.3) is 0 Å². The standard InChI is InChI=1S/C7H16O3/c1-3-8-5-6-10-7-9-4-2/h3-7H2,1-2H3. The highest BCUT2D eigenvalue weighted by Crippen LogP contribution is 1.79. The molecule has 3 heteroatoms. The zero-order valence-corrected chi connectivity index (χ0v) is 6.76. The lowest BCUT2D eigenvalue weighted by molar-refractivity contribution is -0.0648. The summed E-state index contributed by atoms with van der Waals surface area (Å²) >= 11 is 0. The zero-order valence-electron chi connectivity index (χ0n) is 6.76. The van der Waals surface area contributed by atoms with E-state index in [0.29, 0.717) is 26.6 Å². The van der Waals surface area contributed by atoms with E-state index in [1.54, 1.807) is 0 Å². The second-order valence-corrected chi connectivity index (χ2v) is 1.72. The summed E-state index contributed by atoms with van der Waals surface area (Å²) in [7, 11) is 0. The first-order valence-electron chi connectivity index (χ1n) is 3.65. The van der Waals surface area contributed by atoms with Crippen LogP contribution in [0.15, 0.2) is 0 Å². The number of ether oxygens (including phenoxy) is 3. The molecule has 0 aliphatic carbocycles. The van der Waals surface area contributed by atoms with E-state index in [-0.39, 0.29) is 0 Å². The lowest BCUT2D eigenvalue weighted by Crippen LogP contribution is -2.06. The van der Waals surface area contributed by atoms with Crippen molar-refractivity contribution in [3.8, 4) is 0 Å². The minimum absolute atomic E-state index is 0.379. The molecule has 0 heterocycles. The summed E-state index contributed by atoms with van der Waals surface area (Å²) in [4.78, 5) is 0. The minimum atomic E-state index is 0.379. The maximum absolute atomic E-state index is 5.03. The molecule has 0 fully saturated rings. The first-order chi connectivity index (χ1) is 4.91. The number of rotatable bonds is 7. The van der Waals surface area contributed by atoms with Gasteiger partial charge >= 0.3 is 0 Å². The fourth-order valence-corrected chi connectivity index (χ4v) is 0.463. The molecule has 0 aromatic carbocycles. The number of hydrogen-bond acceptors (Lipinski definition) is 3. The van der Waals surface area contributed by atoms with Gasteiger partial charge in [0.1, 0.15) is 6.79 Å². The molecule has 10 heavy (non-hydrogen) atoms. The van der Waals surface area contributed by atoms with Gasteiger partial charge in [-0.2, -0.15) is 0 Å². The lowest BCUT2D eigenvalue weighted by Gasteiger charge is -2.02. The lowest BCUT2D eigenvalue weighted by atomic mass is 10.7. The summed E-state index contributed by atoms with van der Waals surface area (Å²) in [5.41, 5.74) is 0. The monoisotopic (exact) mass is 148 g/mol. The van der Waals surface area contributed by atoms with E-state index < -0.39 is 0 Å². The average Bonchev–Trinajstić information content (AvgIpc) is 1.97. The minimum Gasteiger partial charge on any atom is -0.379 e. The highest BCUT2D eigenvalue weighted by Gasteiger charge is 1.85. The molecule has 0 spiro atoms. The Labute approximate surface area is 62.3 Å². The van der Waals surface area contributed by atoms with Crippen LogP contribution in [0.3, 0.4) is 0 Å². The number of hydrogen-bond donors (Lipinski definition) is 0. The fourth-order valence-electron chi connectivity index (χ4n) is 0.463. The van der Waals surface area contributed by atoms with Gasteiger partial charge in [-0.05, 0) is 13.8 Å². The van der Waals surface area contributed by atoms with Crippen LogP contribution in [0.1, 0.15) is 13.8 Å². The average molecular weight is 148 g/mol. The third-order valence-corrected chi connectivity index (χ3v) is 0.947. The molecular weight excluding hydrogens is 132 g/mol. The van der Waals surface area contributed by atoms with Crippen molar-refractivity contribution in [2.24, 2.45) is 0 Å². The van der Waals surface area contributed by atoms with Crippen molar-refractivity contribution < 1.29 is 14.2 Å². The van der Waals surface area contributed by atoms with Gasteiger partial charge in [-0.25, -0.2) is 0 Å². The largest absolute Gasteiger partial charge is 0.379 e. The Morgan fingerprint density at radius 1 is 0.800 bits per heavy atom. The van der Waals surface area contributed by atoms with Crippen molar-refractivity contribution in [2.75, 3.05) is 33.2 Å². The quantitative estimate of drug-likeness (QED) is 0.398. The van der Waals surface area contributed by atoms with E-state index >= 15 is 0 Å². The van der Waals surface area contributed by atoms with Gasteiger partial charge in [0.15, 0.2) is 0 Å². The SMILES string of the molecule is CCOCCOCOCC. The smallest absolute Gasteiger partial charge is 0.146 e. The third kappa shape index (κ3) is 7.88. The van der Waals surface area contributed by atoms with E-state index in [0.717, 1.165) is 6.61 Å². The molecule has 0 aliphatic rings. The molecule has 62 valence electrons. The molecule has 0 unspecified atom stereocenters. The van der Waals surface area contributed by atoms with Gasteiger partial charge in [-0.15, -0.1) is 0 Å². The van der Waals surface area contributed by atoms with Crippen molar-refractivity contribution in [3.63, 3.8) is 0 Å². The predicted octanol–water partition coefficient (Wildman–Crippen LogP) is 1.03. The van der Waals surface area contributed by atoms with Crippen molar-refractivity contribution in [2.45, 2.75) is 13.8 Å². The summed E-state index contributed by atoms with van der Waals surface area (Å²) in [5, 5.41) is 0. The second-order valence-electron chi connectivity index (χ2n) is 1.72. The Morgan fingerprint density at radius 3 is 2.00 bits per heavy atom. The van der Waals surface area contributed by atoms with Crippen LogP contribution in [0.4, 0.5) is 0 Å². The molecular formula is C7H16O3. The maximum atomic E-state index is 5.03. The Balaban J connectivity index is 2.65. The van der Waals surface area contributed by atoms with Crippen molar-refractivity contribution in [3.05, 3.63) is 0 Å². The summed E-state index contributed by atoms with van der Waals surface area (Å²) < 4.78 is 15.0. The van der Waals surface area contributed by atoms with E-state index in [9.17, 15) is 0 Å². The Hall–Kier alpha value is -0.120. The summed E-state index contributed by atoms with van der Waals surface area (Å²) in [6.45, 7) is 7.00. The van der Waals surface area contributed by atoms with Crippen LogP contribution in [0.5, 0.6) is 0 Å². The molecule has 0 aliphatic heterocycles. The second kappa shape index (κ2) is 8.88. The van der Waals surface area contributed by atoms with Gasteiger partial charge in [0.2, 0.25) is 0 Å². The molecule has 0 atom stereocenters. The van der Waals surface area contributed by atoms with Crippen LogP contribution in [-0.4, -0.2) is 33.2 Å². The summed E-state index contributed by atoms with van der Waals surface area (Å²) in [6.07, 6.45) is 0. The molecule has 0 saturated heterocycles. The predicted molar refractivity (Wildman–Crippen MR) is 38.9 cm³/mol. The molecule has 0 saturated carbocycles. The first kappa shape index (κ1) is 9.88. The third-order valence-electron chi connectivity index (χ3n) is 0.947. The Kier molecular flexibility index (Phi) is 8.77. The van der Waals surface area contributed by atoms with E-state index in [2.05, 4.69) is 0 Å². The van der Waals surface area contributed by atoms with Gasteiger partial charge in [0, 0.05) is 13.2 Å². The van der Waals surface area contributed by atoms with Crippen LogP contribution in [-0.2, 0) is 14.2 Å². The van der Waals surface area contributed by atoms with Crippen LogP contribution >= 0.6 is 0 Å². The highest BCUT2D eigenvalue weighted by atomic mass is 16.7. The van der Waals surface area contributed by atoms with Gasteiger partial charge in [-0.1, -0.05) is 0 Å². The molecule has 0 bridgehead atoms. The van der Waals surface area contributed by atoms with Crippen LogP contribution < -0.4 is 0 Å². The van der Waals surface area contributed by atoms with Gasteiger partial charge in [-0.3, -0.25) is 0 Å².